The molecule has 0 heterocycles. The third kappa shape index (κ3) is 24.7. The Balaban J connectivity index is -0.00000000333. The van der Waals surface area contributed by atoms with E-state index in [9.17, 15) is 0 Å². The number of rotatable bonds is 0. The molecule has 0 fully saturated rings. The van der Waals surface area contributed by atoms with Crippen LogP contribution in [0.3, 0.4) is 0 Å². The predicted octanol–water partition coefficient (Wildman–Crippen LogP) is -6.91. The second-order valence-corrected chi connectivity index (χ2v) is 0.236. The normalized spacial score (nSPS) is 3.60. The molecular weight excluding hydrogens is 86.0 g/mol. The summed E-state index contributed by atoms with van der Waals surface area (Å²) in [5.41, 5.74) is 9.25. The molecule has 0 saturated heterocycles. The van der Waals surface area contributed by atoms with E-state index < -0.39 is 0 Å². The first-order valence-corrected chi connectivity index (χ1v) is 0.816. The Hall–Kier alpha value is 1.92. The van der Waals surface area contributed by atoms with Gasteiger partial charge in [0, 0.05) is 6.67 Å². The molecule has 0 aromatic carbocycles. The van der Waals surface area contributed by atoms with Gasteiger partial charge >= 0.3 is 59.1 Å². The molecule has 0 amide bonds. The largest absolute Gasteiger partial charge is 1.00 e. The van der Waals surface area contributed by atoms with Crippen LogP contribution < -0.4 is 70.6 Å². The van der Waals surface area contributed by atoms with E-state index in [1.807, 2.05) is 0 Å². The second kappa shape index (κ2) is 16.8. The zero-order chi connectivity index (χ0) is 2.71. The van der Waals surface area contributed by atoms with Gasteiger partial charge in [-0.2, -0.15) is 0 Å². The van der Waals surface area contributed by atoms with E-state index in [1.54, 1.807) is 0 Å². The Morgan fingerprint density at radius 2 is 1.20 bits per heavy atom. The molecule has 0 aromatic rings. The van der Waals surface area contributed by atoms with Gasteiger partial charge in [0.05, 0.1) is 0 Å². The molecule has 0 rings (SSSR count). The van der Waals surface area contributed by atoms with Crippen LogP contribution >= 0.6 is 0 Å². The molecular formula is CH8N2Na2. The van der Waals surface area contributed by atoms with Crippen molar-refractivity contribution >= 4 is 0 Å². The third-order valence-electron chi connectivity index (χ3n) is 0. The van der Waals surface area contributed by atoms with Crippen molar-refractivity contribution in [1.29, 1.82) is 0 Å². The summed E-state index contributed by atoms with van der Waals surface area (Å²) in [4.78, 5) is 0. The van der Waals surface area contributed by atoms with Crippen LogP contribution in [0.4, 0.5) is 0 Å². The van der Waals surface area contributed by atoms with Crippen LogP contribution in [0.15, 0.2) is 0 Å². The van der Waals surface area contributed by atoms with Gasteiger partial charge in [-0.15, -0.1) is 0 Å². The Labute approximate surface area is 79.2 Å². The third-order valence-corrected chi connectivity index (χ3v) is 0. The fraction of sp³-hybridized carbons (Fsp3) is 1.00. The Morgan fingerprint density at radius 1 is 1.20 bits per heavy atom. The molecule has 5 heavy (non-hydrogen) atoms. The van der Waals surface area contributed by atoms with Crippen molar-refractivity contribution < 1.29 is 62.0 Å². The zero-order valence-electron chi connectivity index (χ0n) is 5.86. The fourth-order valence-corrected chi connectivity index (χ4v) is 0. The Bertz CT molecular complexity index is 13.7. The van der Waals surface area contributed by atoms with Crippen LogP contribution in [-0.4, -0.2) is 6.67 Å². The minimum absolute atomic E-state index is 0. The molecule has 0 bridgehead atoms. The zero-order valence-corrected chi connectivity index (χ0v) is 7.86. The van der Waals surface area contributed by atoms with Crippen molar-refractivity contribution in [2.24, 2.45) is 11.5 Å². The first kappa shape index (κ1) is 15.8. The van der Waals surface area contributed by atoms with E-state index >= 15 is 0 Å². The predicted molar refractivity (Wildman–Crippen MR) is 15.5 cm³/mol. The molecule has 4 heteroatoms. The van der Waals surface area contributed by atoms with Gasteiger partial charge in [-0.05, 0) is 0 Å². The molecule has 24 valence electrons. The summed E-state index contributed by atoms with van der Waals surface area (Å²) in [6, 6.07) is 0. The Kier molecular flexibility index (Phi) is 53.1. The van der Waals surface area contributed by atoms with Gasteiger partial charge in [0.25, 0.3) is 0 Å². The van der Waals surface area contributed by atoms with Crippen LogP contribution in [0.2, 0.25) is 0 Å². The van der Waals surface area contributed by atoms with Gasteiger partial charge in [0.15, 0.2) is 0 Å². The van der Waals surface area contributed by atoms with E-state index in [1.165, 1.54) is 0 Å². The summed E-state index contributed by atoms with van der Waals surface area (Å²) in [7, 11) is 0. The van der Waals surface area contributed by atoms with Gasteiger partial charge in [-0.3, -0.25) is 0 Å². The SMILES string of the molecule is NCN.[H-].[H-].[Na+].[Na+]. The monoisotopic (exact) mass is 94.0 g/mol. The first-order valence-electron chi connectivity index (χ1n) is 0.816. The maximum absolute atomic E-state index is 4.62. The minimum atomic E-state index is 0. The van der Waals surface area contributed by atoms with Crippen LogP contribution in [-0.2, 0) is 0 Å². The summed E-state index contributed by atoms with van der Waals surface area (Å²) in [5, 5.41) is 0. The van der Waals surface area contributed by atoms with Crippen LogP contribution in [0, 0.1) is 0 Å². The first-order chi connectivity index (χ1) is 1.41. The maximum Gasteiger partial charge on any atom is 1.00 e. The minimum Gasteiger partial charge on any atom is -1.00 e. The van der Waals surface area contributed by atoms with Gasteiger partial charge in [-0.25, -0.2) is 0 Å². The van der Waals surface area contributed by atoms with Gasteiger partial charge < -0.3 is 14.3 Å². The molecule has 0 aliphatic heterocycles. The van der Waals surface area contributed by atoms with Crippen molar-refractivity contribution in [2.75, 3.05) is 6.67 Å². The van der Waals surface area contributed by atoms with Crippen molar-refractivity contribution in [3.8, 4) is 0 Å². The van der Waals surface area contributed by atoms with E-state index in [0.717, 1.165) is 0 Å². The summed E-state index contributed by atoms with van der Waals surface area (Å²) in [6.45, 7) is 0.250. The van der Waals surface area contributed by atoms with Gasteiger partial charge in [0.1, 0.15) is 0 Å². The summed E-state index contributed by atoms with van der Waals surface area (Å²) >= 11 is 0. The van der Waals surface area contributed by atoms with Crippen molar-refractivity contribution in [3.63, 3.8) is 0 Å². The molecule has 4 N–H and O–H groups in total. The number of hydrogen-bond acceptors (Lipinski definition) is 2. The smallest absolute Gasteiger partial charge is 1.00 e. The molecule has 0 atom stereocenters. The van der Waals surface area contributed by atoms with Crippen molar-refractivity contribution in [1.82, 2.24) is 0 Å². The Morgan fingerprint density at radius 3 is 1.20 bits per heavy atom. The number of hydrogen-bond donors (Lipinski definition) is 2. The average Bonchev–Trinajstić information content (AvgIpc) is 0.918. The van der Waals surface area contributed by atoms with Crippen molar-refractivity contribution in [3.05, 3.63) is 0 Å². The molecule has 0 saturated carbocycles. The summed E-state index contributed by atoms with van der Waals surface area (Å²) in [5.74, 6) is 0. The average molecular weight is 94.1 g/mol. The molecule has 0 radical (unpaired) electrons. The van der Waals surface area contributed by atoms with E-state index in [-0.39, 0.29) is 68.6 Å². The summed E-state index contributed by atoms with van der Waals surface area (Å²) in [6.07, 6.45) is 0. The quantitative estimate of drug-likeness (QED) is 0.231. The number of nitrogens with two attached hydrogens (primary N) is 2. The fourth-order valence-electron chi connectivity index (χ4n) is 0. The standard InChI is InChI=1S/CH6N2.2Na.2H/c2-1-3;;;;/h1-3H2;;;;/q;2*+1;2*-1. The van der Waals surface area contributed by atoms with E-state index in [4.69, 9.17) is 0 Å². The maximum atomic E-state index is 4.62. The molecule has 0 unspecified atom stereocenters. The van der Waals surface area contributed by atoms with E-state index in [0.29, 0.717) is 0 Å². The molecule has 2 nitrogen and oxygen atoms in total. The van der Waals surface area contributed by atoms with Gasteiger partial charge in [-0.1, -0.05) is 0 Å². The molecule has 0 aromatic heterocycles. The second-order valence-electron chi connectivity index (χ2n) is 0.236. The van der Waals surface area contributed by atoms with Crippen molar-refractivity contribution in [2.45, 2.75) is 0 Å². The van der Waals surface area contributed by atoms with Crippen LogP contribution in [0.25, 0.3) is 0 Å². The van der Waals surface area contributed by atoms with E-state index in [2.05, 4.69) is 11.5 Å². The molecule has 0 spiro atoms. The van der Waals surface area contributed by atoms with Gasteiger partial charge in [0.2, 0.25) is 0 Å². The topological polar surface area (TPSA) is 52.0 Å². The van der Waals surface area contributed by atoms with Crippen LogP contribution in [0.1, 0.15) is 2.85 Å². The molecule has 0 aliphatic carbocycles. The summed E-state index contributed by atoms with van der Waals surface area (Å²) < 4.78 is 0. The molecule has 0 aliphatic rings. The van der Waals surface area contributed by atoms with Crippen LogP contribution in [0.5, 0.6) is 0 Å².